The number of rotatable bonds is 3. The first-order chi connectivity index (χ1) is 4.42. The summed E-state index contributed by atoms with van der Waals surface area (Å²) >= 11 is 0. The Morgan fingerprint density at radius 3 is 2.40 bits per heavy atom. The van der Waals surface area contributed by atoms with Crippen LogP contribution in [0.2, 0.25) is 0 Å². The van der Waals surface area contributed by atoms with Crippen LogP contribution in [0.4, 0.5) is 0 Å². The van der Waals surface area contributed by atoms with Gasteiger partial charge in [0.15, 0.2) is 0 Å². The highest BCUT2D eigenvalue weighted by atomic mass is 32.2. The van der Waals surface area contributed by atoms with Crippen LogP contribution in [0.5, 0.6) is 0 Å². The van der Waals surface area contributed by atoms with Crippen molar-refractivity contribution in [3.8, 4) is 0 Å². The molecule has 0 aromatic rings. The molecule has 0 aromatic carbocycles. The summed E-state index contributed by atoms with van der Waals surface area (Å²) in [5.74, 6) is -0.893. The third kappa shape index (κ3) is 7.38. The fraction of sp³-hybridized carbons (Fsp3) is 0.750. The standard InChI is InChI=1S/C4H9NO4S/c1-4(6)5-2-3-10(7,8)9/h2-3H2,1H3,(H,5,6)(H,7,8,9)/p-1. The number of hydrogen-bond donors (Lipinski definition) is 1. The Hall–Kier alpha value is -0.620. The van der Waals surface area contributed by atoms with Gasteiger partial charge in [-0.05, 0) is 0 Å². The van der Waals surface area contributed by atoms with Crippen LogP contribution in [-0.2, 0) is 14.9 Å². The van der Waals surface area contributed by atoms with Crippen molar-refractivity contribution in [1.29, 1.82) is 0 Å². The van der Waals surface area contributed by atoms with Crippen molar-refractivity contribution < 1.29 is 17.8 Å². The summed E-state index contributed by atoms with van der Waals surface area (Å²) in [5.41, 5.74) is 0. The molecule has 5 nitrogen and oxygen atoms in total. The largest absolute Gasteiger partial charge is 0.748 e. The maximum absolute atomic E-state index is 10.1. The monoisotopic (exact) mass is 166 g/mol. The fourth-order valence-electron chi connectivity index (χ4n) is 0.352. The van der Waals surface area contributed by atoms with Gasteiger partial charge in [-0.2, -0.15) is 0 Å². The fourth-order valence-corrected chi connectivity index (χ4v) is 0.704. The van der Waals surface area contributed by atoms with E-state index < -0.39 is 15.9 Å². The molecule has 0 heterocycles. The molecule has 1 amide bonds. The van der Waals surface area contributed by atoms with Crippen LogP contribution in [0, 0.1) is 0 Å². The lowest BCUT2D eigenvalue weighted by Crippen LogP contribution is -2.26. The highest BCUT2D eigenvalue weighted by Gasteiger charge is 1.94. The topological polar surface area (TPSA) is 86.3 Å². The van der Waals surface area contributed by atoms with E-state index >= 15 is 0 Å². The quantitative estimate of drug-likeness (QED) is 0.526. The smallest absolute Gasteiger partial charge is 0.216 e. The number of carbonyl (C=O) groups is 1. The minimum Gasteiger partial charge on any atom is -0.748 e. The Labute approximate surface area is 59.2 Å². The summed E-state index contributed by atoms with van der Waals surface area (Å²) < 4.78 is 29.7. The highest BCUT2D eigenvalue weighted by Crippen LogP contribution is 1.77. The molecule has 0 radical (unpaired) electrons. The molecule has 0 atom stereocenters. The summed E-state index contributed by atoms with van der Waals surface area (Å²) in [6, 6.07) is 0. The van der Waals surface area contributed by atoms with Crippen molar-refractivity contribution >= 4 is 16.0 Å². The van der Waals surface area contributed by atoms with Crippen molar-refractivity contribution in [2.45, 2.75) is 6.92 Å². The molecule has 0 spiro atoms. The summed E-state index contributed by atoms with van der Waals surface area (Å²) in [6.07, 6.45) is 0. The SMILES string of the molecule is CC(=O)NCCS(=O)(=O)[O-]. The molecule has 0 fully saturated rings. The zero-order chi connectivity index (χ0) is 8.20. The number of hydrogen-bond acceptors (Lipinski definition) is 4. The normalized spacial score (nSPS) is 11.0. The van der Waals surface area contributed by atoms with E-state index in [1.165, 1.54) is 6.92 Å². The molecular formula is C4H8NO4S-. The van der Waals surface area contributed by atoms with Crippen LogP contribution in [0.15, 0.2) is 0 Å². The molecule has 0 saturated carbocycles. The Balaban J connectivity index is 3.49. The van der Waals surface area contributed by atoms with Gasteiger partial charge in [0.05, 0.1) is 15.9 Å². The summed E-state index contributed by atoms with van der Waals surface area (Å²) in [7, 11) is -4.18. The second-order valence-electron chi connectivity index (χ2n) is 1.74. The Morgan fingerprint density at radius 1 is 1.60 bits per heavy atom. The predicted octanol–water partition coefficient (Wildman–Crippen LogP) is -1.33. The van der Waals surface area contributed by atoms with Crippen molar-refractivity contribution in [2.24, 2.45) is 0 Å². The summed E-state index contributed by atoms with van der Waals surface area (Å²) in [5, 5.41) is 2.18. The first-order valence-electron chi connectivity index (χ1n) is 2.60. The molecule has 0 bridgehead atoms. The first kappa shape index (κ1) is 9.38. The average Bonchev–Trinajstić information content (AvgIpc) is 1.59. The molecule has 1 N–H and O–H groups in total. The van der Waals surface area contributed by atoms with Crippen LogP contribution in [-0.4, -0.2) is 31.2 Å². The average molecular weight is 166 g/mol. The van der Waals surface area contributed by atoms with Gasteiger partial charge in [0.1, 0.15) is 0 Å². The lowest BCUT2D eigenvalue weighted by Gasteiger charge is -2.05. The van der Waals surface area contributed by atoms with Gasteiger partial charge in [-0.3, -0.25) is 4.79 Å². The Morgan fingerprint density at radius 2 is 2.10 bits per heavy atom. The number of amides is 1. The van der Waals surface area contributed by atoms with Gasteiger partial charge in [-0.25, -0.2) is 8.42 Å². The highest BCUT2D eigenvalue weighted by molar-refractivity contribution is 7.85. The van der Waals surface area contributed by atoms with Crippen LogP contribution >= 0.6 is 0 Å². The van der Waals surface area contributed by atoms with Crippen molar-refractivity contribution in [1.82, 2.24) is 5.32 Å². The Bertz CT molecular complexity index is 207. The Kier molecular flexibility index (Phi) is 3.31. The third-order valence-electron chi connectivity index (χ3n) is 0.726. The lowest BCUT2D eigenvalue weighted by molar-refractivity contribution is -0.118. The molecule has 0 aliphatic carbocycles. The molecule has 10 heavy (non-hydrogen) atoms. The maximum Gasteiger partial charge on any atom is 0.216 e. The molecule has 6 heteroatoms. The van der Waals surface area contributed by atoms with Gasteiger partial charge in [-0.15, -0.1) is 0 Å². The van der Waals surface area contributed by atoms with E-state index in [1.54, 1.807) is 0 Å². The van der Waals surface area contributed by atoms with Gasteiger partial charge in [0.25, 0.3) is 0 Å². The van der Waals surface area contributed by atoms with E-state index in [2.05, 4.69) is 5.32 Å². The molecule has 0 saturated heterocycles. The molecule has 0 unspecified atom stereocenters. The van der Waals surface area contributed by atoms with Gasteiger partial charge in [0, 0.05) is 13.5 Å². The minimum absolute atomic E-state index is 0.110. The van der Waals surface area contributed by atoms with Crippen LogP contribution in [0.1, 0.15) is 6.92 Å². The molecular weight excluding hydrogens is 158 g/mol. The van der Waals surface area contributed by atoms with Crippen molar-refractivity contribution in [3.63, 3.8) is 0 Å². The van der Waals surface area contributed by atoms with E-state index in [4.69, 9.17) is 0 Å². The van der Waals surface area contributed by atoms with E-state index in [0.29, 0.717) is 0 Å². The molecule has 0 aromatic heterocycles. The summed E-state index contributed by atoms with van der Waals surface area (Å²) in [6.45, 7) is 1.14. The third-order valence-corrected chi connectivity index (χ3v) is 1.43. The van der Waals surface area contributed by atoms with Crippen molar-refractivity contribution in [2.75, 3.05) is 12.3 Å². The second kappa shape index (κ2) is 3.52. The van der Waals surface area contributed by atoms with Gasteiger partial charge in [-0.1, -0.05) is 0 Å². The zero-order valence-corrected chi connectivity index (χ0v) is 6.27. The minimum atomic E-state index is -4.18. The molecule has 0 rings (SSSR count). The van der Waals surface area contributed by atoms with Crippen LogP contribution < -0.4 is 5.32 Å². The number of carbonyl (C=O) groups excluding carboxylic acids is 1. The van der Waals surface area contributed by atoms with E-state index in [0.717, 1.165) is 0 Å². The first-order valence-corrected chi connectivity index (χ1v) is 4.17. The van der Waals surface area contributed by atoms with E-state index in [9.17, 15) is 17.8 Å². The second-order valence-corrected chi connectivity index (χ2v) is 3.27. The van der Waals surface area contributed by atoms with Gasteiger partial charge < -0.3 is 9.87 Å². The van der Waals surface area contributed by atoms with Crippen molar-refractivity contribution in [3.05, 3.63) is 0 Å². The maximum atomic E-state index is 10.1. The van der Waals surface area contributed by atoms with E-state index in [1.807, 2.05) is 0 Å². The lowest BCUT2D eigenvalue weighted by atomic mass is 10.6. The molecule has 60 valence electrons. The van der Waals surface area contributed by atoms with Crippen LogP contribution in [0.3, 0.4) is 0 Å². The van der Waals surface area contributed by atoms with Gasteiger partial charge >= 0.3 is 0 Å². The predicted molar refractivity (Wildman–Crippen MR) is 33.2 cm³/mol. The molecule has 0 aliphatic rings. The molecule has 0 aliphatic heterocycles. The number of nitrogens with one attached hydrogen (secondary N) is 1. The van der Waals surface area contributed by atoms with E-state index in [-0.39, 0.29) is 12.5 Å². The van der Waals surface area contributed by atoms with Crippen LogP contribution in [0.25, 0.3) is 0 Å². The zero-order valence-electron chi connectivity index (χ0n) is 5.46. The van der Waals surface area contributed by atoms with Gasteiger partial charge in [0.2, 0.25) is 5.91 Å². The summed E-state index contributed by atoms with van der Waals surface area (Å²) in [4.78, 5) is 10.1.